The van der Waals surface area contributed by atoms with Gasteiger partial charge in [0.15, 0.2) is 5.78 Å². The number of ketones is 1. The minimum absolute atomic E-state index is 0.179. The molecule has 0 saturated heterocycles. The van der Waals surface area contributed by atoms with E-state index >= 15 is 0 Å². The average Bonchev–Trinajstić information content (AvgIpc) is 2.83. The van der Waals surface area contributed by atoms with E-state index in [-0.39, 0.29) is 5.41 Å². The van der Waals surface area contributed by atoms with Crippen LogP contribution < -0.4 is 5.32 Å². The lowest BCUT2D eigenvalue weighted by Crippen LogP contribution is -2.54. The number of Topliss-reactive ketones (excluding diaryl/α,β-unsaturated/α-hetero) is 1. The molecule has 0 amide bonds. The van der Waals surface area contributed by atoms with Crippen molar-refractivity contribution < 1.29 is 4.79 Å². The van der Waals surface area contributed by atoms with Crippen LogP contribution in [-0.2, 0) is 4.79 Å². The van der Waals surface area contributed by atoms with Gasteiger partial charge in [0.1, 0.15) is 0 Å². The smallest absolute Gasteiger partial charge is 0.159 e. The van der Waals surface area contributed by atoms with E-state index in [1.54, 1.807) is 0 Å². The van der Waals surface area contributed by atoms with Crippen LogP contribution in [0.4, 0.5) is 0 Å². The van der Waals surface area contributed by atoms with E-state index < -0.39 is 0 Å². The van der Waals surface area contributed by atoms with Crippen molar-refractivity contribution in [2.75, 3.05) is 7.05 Å². The number of hydrogen-bond donors (Lipinski definition) is 1. The van der Waals surface area contributed by atoms with Crippen molar-refractivity contribution >= 4 is 5.78 Å². The molecule has 0 aromatic rings. The van der Waals surface area contributed by atoms with Gasteiger partial charge in [-0.3, -0.25) is 4.79 Å². The fraction of sp³-hybridized carbons (Fsp3) is 0.864. The predicted molar refractivity (Wildman–Crippen MR) is 98.7 cm³/mol. The van der Waals surface area contributed by atoms with Gasteiger partial charge in [-0.15, -0.1) is 0 Å². The van der Waals surface area contributed by atoms with Crippen LogP contribution in [0, 0.1) is 34.5 Å². The summed E-state index contributed by atoms with van der Waals surface area (Å²) < 4.78 is 0. The summed E-state index contributed by atoms with van der Waals surface area (Å²) in [5.41, 5.74) is 1.87. The van der Waals surface area contributed by atoms with Crippen molar-refractivity contribution in [2.45, 2.75) is 78.2 Å². The number of carbonyl (C=O) groups excluding carboxylic acids is 1. The molecule has 134 valence electrons. The van der Waals surface area contributed by atoms with Gasteiger partial charge < -0.3 is 5.32 Å². The summed E-state index contributed by atoms with van der Waals surface area (Å²) >= 11 is 0. The quantitative estimate of drug-likeness (QED) is 0.704. The Hall–Kier alpha value is -0.630. The molecule has 7 atom stereocenters. The largest absolute Gasteiger partial charge is 0.317 e. The van der Waals surface area contributed by atoms with Crippen LogP contribution in [0.3, 0.4) is 0 Å². The summed E-state index contributed by atoms with van der Waals surface area (Å²) in [4.78, 5) is 12.6. The third-order valence-electron chi connectivity index (χ3n) is 9.07. The van der Waals surface area contributed by atoms with E-state index in [1.807, 2.05) is 0 Å². The maximum atomic E-state index is 12.6. The molecule has 1 N–H and O–H groups in total. The van der Waals surface area contributed by atoms with Gasteiger partial charge in [-0.1, -0.05) is 19.9 Å². The Balaban J connectivity index is 1.63. The third-order valence-corrected chi connectivity index (χ3v) is 9.07. The lowest BCUT2D eigenvalue weighted by molar-refractivity contribution is -0.116. The molecule has 0 heterocycles. The molecular weight excluding hydrogens is 294 g/mol. The minimum atomic E-state index is 0.179. The maximum absolute atomic E-state index is 12.6. The van der Waals surface area contributed by atoms with Crippen LogP contribution in [0.1, 0.15) is 72.1 Å². The number of allylic oxidation sites excluding steroid dienone is 2. The van der Waals surface area contributed by atoms with Gasteiger partial charge in [0.05, 0.1) is 0 Å². The lowest BCUT2D eigenvalue weighted by Gasteiger charge is -2.60. The first kappa shape index (κ1) is 16.8. The van der Waals surface area contributed by atoms with Gasteiger partial charge in [-0.2, -0.15) is 0 Å². The van der Waals surface area contributed by atoms with Crippen molar-refractivity contribution in [3.8, 4) is 0 Å². The SMILES string of the molecule is CC=C1C(=O)CC2C3CCC4CC(NC)CCC4(C)C3CCC12C. The maximum Gasteiger partial charge on any atom is 0.159 e. The van der Waals surface area contributed by atoms with E-state index in [1.165, 1.54) is 44.9 Å². The second kappa shape index (κ2) is 5.69. The van der Waals surface area contributed by atoms with Crippen molar-refractivity contribution in [2.24, 2.45) is 34.5 Å². The van der Waals surface area contributed by atoms with E-state index in [4.69, 9.17) is 0 Å². The molecule has 0 spiro atoms. The fourth-order valence-corrected chi connectivity index (χ4v) is 7.67. The van der Waals surface area contributed by atoms with Crippen LogP contribution in [0.25, 0.3) is 0 Å². The number of nitrogens with one attached hydrogen (secondary N) is 1. The number of carbonyl (C=O) groups is 1. The number of rotatable bonds is 1. The first-order valence-corrected chi connectivity index (χ1v) is 10.3. The first-order chi connectivity index (χ1) is 11.4. The molecule has 2 nitrogen and oxygen atoms in total. The molecule has 0 aliphatic heterocycles. The Kier molecular flexibility index (Phi) is 3.99. The molecule has 4 fully saturated rings. The highest BCUT2D eigenvalue weighted by molar-refractivity contribution is 5.99. The highest BCUT2D eigenvalue weighted by Crippen LogP contribution is 2.66. The molecule has 7 unspecified atom stereocenters. The third kappa shape index (κ3) is 2.14. The van der Waals surface area contributed by atoms with Crippen molar-refractivity contribution in [3.05, 3.63) is 11.6 Å². The normalized spacial score (nSPS) is 52.8. The number of hydrogen-bond acceptors (Lipinski definition) is 2. The Morgan fingerprint density at radius 3 is 2.58 bits per heavy atom. The topological polar surface area (TPSA) is 29.1 Å². The van der Waals surface area contributed by atoms with Gasteiger partial charge in [0, 0.05) is 12.5 Å². The molecule has 0 aromatic carbocycles. The van der Waals surface area contributed by atoms with Crippen molar-refractivity contribution in [1.82, 2.24) is 5.32 Å². The zero-order chi connectivity index (χ0) is 17.1. The molecule has 2 heteroatoms. The summed E-state index contributed by atoms with van der Waals surface area (Å²) in [6, 6.07) is 0.733. The molecule has 4 aliphatic carbocycles. The monoisotopic (exact) mass is 329 g/mol. The molecule has 4 saturated carbocycles. The van der Waals surface area contributed by atoms with Gasteiger partial charge in [-0.25, -0.2) is 0 Å². The van der Waals surface area contributed by atoms with Crippen LogP contribution in [0.15, 0.2) is 11.6 Å². The van der Waals surface area contributed by atoms with Crippen molar-refractivity contribution in [3.63, 3.8) is 0 Å². The predicted octanol–water partition coefficient (Wildman–Crippen LogP) is 4.74. The second-order valence-electron chi connectivity index (χ2n) is 9.70. The average molecular weight is 330 g/mol. The van der Waals surface area contributed by atoms with E-state index in [9.17, 15) is 4.79 Å². The lowest BCUT2D eigenvalue weighted by atomic mass is 9.45. The zero-order valence-electron chi connectivity index (χ0n) is 16.0. The molecule has 0 radical (unpaired) electrons. The van der Waals surface area contributed by atoms with E-state index in [0.717, 1.165) is 35.8 Å². The Morgan fingerprint density at radius 2 is 1.88 bits per heavy atom. The standard InChI is InChI=1S/C22H35NO/c1-5-17-20(24)13-19-16-7-6-14-12-15(23-4)8-10-21(14,2)18(16)9-11-22(17,19)3/h5,14-16,18-19,23H,6-13H2,1-4H3. The minimum Gasteiger partial charge on any atom is -0.317 e. The molecule has 4 rings (SSSR count). The van der Waals surface area contributed by atoms with Gasteiger partial charge in [0.2, 0.25) is 0 Å². The Morgan fingerprint density at radius 1 is 1.08 bits per heavy atom. The highest BCUT2D eigenvalue weighted by Gasteiger charge is 2.60. The summed E-state index contributed by atoms with van der Waals surface area (Å²) in [6.45, 7) is 7.08. The summed E-state index contributed by atoms with van der Waals surface area (Å²) in [5.74, 6) is 3.62. The number of fused-ring (bicyclic) bond motifs is 5. The van der Waals surface area contributed by atoms with Crippen LogP contribution in [-0.4, -0.2) is 18.9 Å². The highest BCUT2D eigenvalue weighted by atomic mass is 16.1. The Labute approximate surface area is 147 Å². The van der Waals surface area contributed by atoms with Crippen LogP contribution in [0.2, 0.25) is 0 Å². The Bertz CT molecular complexity index is 566. The van der Waals surface area contributed by atoms with Crippen LogP contribution in [0.5, 0.6) is 0 Å². The fourth-order valence-electron chi connectivity index (χ4n) is 7.67. The molecule has 24 heavy (non-hydrogen) atoms. The van der Waals surface area contributed by atoms with Crippen molar-refractivity contribution in [1.29, 1.82) is 0 Å². The molecular formula is C22H35NO. The van der Waals surface area contributed by atoms with Gasteiger partial charge in [0.25, 0.3) is 0 Å². The summed E-state index contributed by atoms with van der Waals surface area (Å²) in [7, 11) is 2.13. The summed E-state index contributed by atoms with van der Waals surface area (Å²) in [5, 5.41) is 3.54. The van der Waals surface area contributed by atoms with E-state index in [0.29, 0.717) is 17.1 Å². The van der Waals surface area contributed by atoms with Gasteiger partial charge in [-0.05, 0) is 99.0 Å². The summed E-state index contributed by atoms with van der Waals surface area (Å²) in [6.07, 6.45) is 12.4. The zero-order valence-corrected chi connectivity index (χ0v) is 16.0. The van der Waals surface area contributed by atoms with Gasteiger partial charge >= 0.3 is 0 Å². The van der Waals surface area contributed by atoms with Crippen LogP contribution >= 0.6 is 0 Å². The molecule has 4 aliphatic rings. The second-order valence-corrected chi connectivity index (χ2v) is 9.70. The molecule has 0 aromatic heterocycles. The van der Waals surface area contributed by atoms with E-state index in [2.05, 4.69) is 39.2 Å². The first-order valence-electron chi connectivity index (χ1n) is 10.3. The molecule has 0 bridgehead atoms.